The van der Waals surface area contributed by atoms with Gasteiger partial charge in [-0.25, -0.2) is 0 Å². The van der Waals surface area contributed by atoms with Gasteiger partial charge in [0.2, 0.25) is 0 Å². The molecule has 98 valence electrons. The second-order valence-corrected chi connectivity index (χ2v) is 5.55. The second-order valence-electron chi connectivity index (χ2n) is 5.55. The van der Waals surface area contributed by atoms with Gasteiger partial charge in [0.25, 0.3) is 0 Å². The van der Waals surface area contributed by atoms with Gasteiger partial charge in [0.1, 0.15) is 0 Å². The largest absolute Gasteiger partial charge is 0.481 e. The van der Waals surface area contributed by atoms with Crippen molar-refractivity contribution >= 4 is 5.97 Å². The number of aliphatic carboxylic acids is 1. The average Bonchev–Trinajstić information content (AvgIpc) is 2.99. The summed E-state index contributed by atoms with van der Waals surface area (Å²) in [6.07, 6.45) is 3.76. The number of methoxy groups -OCH3 is 1. The van der Waals surface area contributed by atoms with Crippen molar-refractivity contribution in [3.63, 3.8) is 0 Å². The molecule has 0 atom stereocenters. The summed E-state index contributed by atoms with van der Waals surface area (Å²) in [5, 5.41) is 15.5. The molecule has 5 heteroatoms. The van der Waals surface area contributed by atoms with E-state index in [9.17, 15) is 4.79 Å². The van der Waals surface area contributed by atoms with Gasteiger partial charge in [0, 0.05) is 33.4 Å². The van der Waals surface area contributed by atoms with Crippen LogP contribution in [-0.4, -0.2) is 50.0 Å². The Labute approximate surface area is 102 Å². The van der Waals surface area contributed by atoms with Crippen molar-refractivity contribution in [3.05, 3.63) is 0 Å². The minimum atomic E-state index is -0.722. The number of carbonyl (C=O) groups is 1. The molecule has 0 aromatic rings. The predicted octanol–water partition coefficient (Wildman–Crippen LogP) is 0.209. The van der Waals surface area contributed by atoms with E-state index in [1.54, 1.807) is 7.11 Å². The molecule has 0 bridgehead atoms. The first-order chi connectivity index (χ1) is 8.10. The lowest BCUT2D eigenvalue weighted by Crippen LogP contribution is -2.69. The fourth-order valence-electron chi connectivity index (χ4n) is 2.41. The number of nitrogens with one attached hydrogen (secondary N) is 2. The van der Waals surface area contributed by atoms with E-state index in [1.165, 1.54) is 12.8 Å². The van der Waals surface area contributed by atoms with Crippen molar-refractivity contribution in [1.29, 1.82) is 0 Å². The third kappa shape index (κ3) is 3.18. The average molecular weight is 242 g/mol. The van der Waals surface area contributed by atoms with Crippen molar-refractivity contribution < 1.29 is 14.6 Å². The molecule has 2 aliphatic rings. The molecule has 2 fully saturated rings. The summed E-state index contributed by atoms with van der Waals surface area (Å²) in [5.74, 6) is -0.722. The third-order valence-corrected chi connectivity index (χ3v) is 4.05. The third-order valence-electron chi connectivity index (χ3n) is 4.05. The highest BCUT2D eigenvalue weighted by Crippen LogP contribution is 2.48. The molecule has 1 aliphatic carbocycles. The van der Waals surface area contributed by atoms with Crippen LogP contribution in [0.3, 0.4) is 0 Å². The molecular formula is C12H22N2O3. The van der Waals surface area contributed by atoms with Crippen LogP contribution in [0.25, 0.3) is 0 Å². The quantitative estimate of drug-likeness (QED) is 0.567. The Hall–Kier alpha value is -0.650. The van der Waals surface area contributed by atoms with Gasteiger partial charge in [-0.15, -0.1) is 0 Å². The van der Waals surface area contributed by atoms with Crippen LogP contribution < -0.4 is 10.6 Å². The first-order valence-electron chi connectivity index (χ1n) is 6.26. The molecule has 0 unspecified atom stereocenters. The van der Waals surface area contributed by atoms with Gasteiger partial charge in [-0.3, -0.25) is 4.79 Å². The highest BCUT2D eigenvalue weighted by molar-refractivity contribution is 5.68. The number of carboxylic acids is 1. The summed E-state index contributed by atoms with van der Waals surface area (Å²) in [4.78, 5) is 10.8. The van der Waals surface area contributed by atoms with Gasteiger partial charge >= 0.3 is 5.97 Å². The maximum absolute atomic E-state index is 10.8. The number of hydrogen-bond donors (Lipinski definition) is 3. The Bertz CT molecular complexity index is 285. The van der Waals surface area contributed by atoms with Crippen LogP contribution in [-0.2, 0) is 9.53 Å². The fourth-order valence-corrected chi connectivity index (χ4v) is 2.41. The highest BCUT2D eigenvalue weighted by Gasteiger charge is 2.46. The minimum Gasteiger partial charge on any atom is -0.481 e. The van der Waals surface area contributed by atoms with Crippen LogP contribution in [0.1, 0.15) is 25.7 Å². The highest BCUT2D eigenvalue weighted by atomic mass is 16.5. The summed E-state index contributed by atoms with van der Waals surface area (Å²) in [7, 11) is 1.73. The van der Waals surface area contributed by atoms with E-state index in [0.29, 0.717) is 5.41 Å². The molecule has 2 rings (SSSR count). The van der Waals surface area contributed by atoms with Crippen LogP contribution in [0.15, 0.2) is 0 Å². The normalized spacial score (nSPS) is 24.1. The molecule has 0 radical (unpaired) electrons. The molecule has 1 saturated carbocycles. The Morgan fingerprint density at radius 2 is 2.18 bits per heavy atom. The van der Waals surface area contributed by atoms with Crippen LogP contribution in [0, 0.1) is 5.41 Å². The van der Waals surface area contributed by atoms with Gasteiger partial charge in [-0.1, -0.05) is 0 Å². The number of carboxylic acid groups (broad SMARTS) is 1. The van der Waals surface area contributed by atoms with Gasteiger partial charge in [-0.05, 0) is 24.7 Å². The molecule has 5 nitrogen and oxygen atoms in total. The molecule has 1 aliphatic heterocycles. The smallest absolute Gasteiger partial charge is 0.305 e. The molecule has 1 heterocycles. The van der Waals surface area contributed by atoms with Gasteiger partial charge in [0.15, 0.2) is 0 Å². The Morgan fingerprint density at radius 3 is 2.59 bits per heavy atom. The predicted molar refractivity (Wildman–Crippen MR) is 64.0 cm³/mol. The maximum atomic E-state index is 10.8. The first kappa shape index (κ1) is 12.8. The summed E-state index contributed by atoms with van der Waals surface area (Å²) in [6, 6.07) is 0. The van der Waals surface area contributed by atoms with Crippen LogP contribution in [0.5, 0.6) is 0 Å². The van der Waals surface area contributed by atoms with Gasteiger partial charge < -0.3 is 20.5 Å². The lowest BCUT2D eigenvalue weighted by atomic mass is 9.87. The van der Waals surface area contributed by atoms with E-state index < -0.39 is 5.97 Å². The van der Waals surface area contributed by atoms with E-state index in [4.69, 9.17) is 9.84 Å². The van der Waals surface area contributed by atoms with E-state index >= 15 is 0 Å². The molecule has 1 saturated heterocycles. The van der Waals surface area contributed by atoms with E-state index in [1.807, 2.05) is 0 Å². The molecular weight excluding hydrogens is 220 g/mol. The summed E-state index contributed by atoms with van der Waals surface area (Å²) in [6.45, 7) is 3.25. The van der Waals surface area contributed by atoms with Crippen molar-refractivity contribution in [2.24, 2.45) is 5.41 Å². The minimum absolute atomic E-state index is 0.209. The lowest BCUT2D eigenvalue weighted by Gasteiger charge is -2.43. The first-order valence-corrected chi connectivity index (χ1v) is 6.26. The Balaban J connectivity index is 1.78. The SMILES string of the molecule is COCCC1(CNC2(CC(=O)O)CNC2)CC1. The van der Waals surface area contributed by atoms with E-state index in [-0.39, 0.29) is 12.0 Å². The Morgan fingerprint density at radius 1 is 1.47 bits per heavy atom. The van der Waals surface area contributed by atoms with E-state index in [0.717, 1.165) is 32.7 Å². The summed E-state index contributed by atoms with van der Waals surface area (Å²) < 4.78 is 5.12. The molecule has 0 aromatic carbocycles. The maximum Gasteiger partial charge on any atom is 0.305 e. The fraction of sp³-hybridized carbons (Fsp3) is 0.917. The molecule has 0 aromatic heterocycles. The van der Waals surface area contributed by atoms with Crippen LogP contribution in [0.4, 0.5) is 0 Å². The van der Waals surface area contributed by atoms with E-state index in [2.05, 4.69) is 10.6 Å². The van der Waals surface area contributed by atoms with Crippen molar-refractivity contribution in [2.45, 2.75) is 31.2 Å². The van der Waals surface area contributed by atoms with Crippen molar-refractivity contribution in [3.8, 4) is 0 Å². The molecule has 0 amide bonds. The topological polar surface area (TPSA) is 70.6 Å². The summed E-state index contributed by atoms with van der Waals surface area (Å²) in [5.41, 5.74) is 0.158. The molecule has 17 heavy (non-hydrogen) atoms. The summed E-state index contributed by atoms with van der Waals surface area (Å²) >= 11 is 0. The zero-order valence-electron chi connectivity index (χ0n) is 10.4. The van der Waals surface area contributed by atoms with Crippen molar-refractivity contribution in [2.75, 3.05) is 33.4 Å². The number of rotatable bonds is 8. The number of hydrogen-bond acceptors (Lipinski definition) is 4. The van der Waals surface area contributed by atoms with Crippen LogP contribution in [0.2, 0.25) is 0 Å². The zero-order valence-corrected chi connectivity index (χ0v) is 10.4. The second kappa shape index (κ2) is 4.92. The van der Waals surface area contributed by atoms with Gasteiger partial charge in [0.05, 0.1) is 12.0 Å². The molecule has 0 spiro atoms. The molecule has 3 N–H and O–H groups in total. The van der Waals surface area contributed by atoms with Crippen molar-refractivity contribution in [1.82, 2.24) is 10.6 Å². The standard InChI is InChI=1S/C12H22N2O3/c1-17-5-4-11(2-3-11)7-14-12(6-10(15)16)8-13-9-12/h13-14H,2-9H2,1H3,(H,15,16). The van der Waals surface area contributed by atoms with Gasteiger partial charge in [-0.2, -0.15) is 0 Å². The van der Waals surface area contributed by atoms with Crippen LogP contribution >= 0.6 is 0 Å². The Kier molecular flexibility index (Phi) is 3.70. The monoisotopic (exact) mass is 242 g/mol. The lowest BCUT2D eigenvalue weighted by molar-refractivity contribution is -0.139. The zero-order chi connectivity index (χ0) is 12.4. The number of ether oxygens (including phenoxy) is 1.